The molecular formula is C21H34N4O. The molecule has 1 N–H and O–H groups in total. The van der Waals surface area contributed by atoms with Gasteiger partial charge in [-0.25, -0.2) is 0 Å². The van der Waals surface area contributed by atoms with E-state index in [1.807, 2.05) is 12.1 Å². The predicted molar refractivity (Wildman–Crippen MR) is 108 cm³/mol. The van der Waals surface area contributed by atoms with Crippen molar-refractivity contribution >= 4 is 11.6 Å². The monoisotopic (exact) mass is 358 g/mol. The number of likely N-dealkylation sites (tertiary alicyclic amines) is 1. The average Bonchev–Trinajstić information content (AvgIpc) is 2.66. The Morgan fingerprint density at radius 1 is 1.23 bits per heavy atom. The highest BCUT2D eigenvalue weighted by Gasteiger charge is 2.28. The SMILES string of the molecule is CN(C)CCCN(C)[C@H]1CCCN(C(=O)c2cccc3c2NCCC3)C1. The number of likely N-dealkylation sites (N-methyl/N-ethyl adjacent to an activating group) is 1. The Bertz CT molecular complexity index is 616. The normalized spacial score (nSPS) is 20.2. The van der Waals surface area contributed by atoms with Crippen LogP contribution in [0.25, 0.3) is 0 Å². The number of amides is 1. The molecule has 0 aromatic heterocycles. The second kappa shape index (κ2) is 8.87. The number of nitrogens with one attached hydrogen (secondary N) is 1. The fourth-order valence-electron chi connectivity index (χ4n) is 4.18. The van der Waals surface area contributed by atoms with E-state index >= 15 is 0 Å². The van der Waals surface area contributed by atoms with Crippen LogP contribution < -0.4 is 5.32 Å². The molecule has 0 spiro atoms. The van der Waals surface area contributed by atoms with Crippen molar-refractivity contribution in [2.75, 3.05) is 59.2 Å². The highest BCUT2D eigenvalue weighted by atomic mass is 16.2. The molecule has 26 heavy (non-hydrogen) atoms. The summed E-state index contributed by atoms with van der Waals surface area (Å²) in [5.41, 5.74) is 3.22. The Kier molecular flexibility index (Phi) is 6.54. The fraction of sp³-hybridized carbons (Fsp3) is 0.667. The minimum atomic E-state index is 0.197. The average molecular weight is 359 g/mol. The highest BCUT2D eigenvalue weighted by molar-refractivity contribution is 6.00. The molecule has 2 aliphatic rings. The van der Waals surface area contributed by atoms with E-state index in [4.69, 9.17) is 0 Å². The van der Waals surface area contributed by atoms with Crippen LogP contribution in [-0.4, -0.2) is 80.5 Å². The highest BCUT2D eigenvalue weighted by Crippen LogP contribution is 2.28. The Morgan fingerprint density at radius 2 is 2.08 bits per heavy atom. The van der Waals surface area contributed by atoms with Gasteiger partial charge in [-0.2, -0.15) is 0 Å². The summed E-state index contributed by atoms with van der Waals surface area (Å²) in [5, 5.41) is 3.46. The summed E-state index contributed by atoms with van der Waals surface area (Å²) in [6.07, 6.45) is 5.67. The molecule has 1 atom stereocenters. The van der Waals surface area contributed by atoms with Gasteiger partial charge in [0.25, 0.3) is 5.91 Å². The van der Waals surface area contributed by atoms with Crippen molar-refractivity contribution in [1.29, 1.82) is 0 Å². The smallest absolute Gasteiger partial charge is 0.256 e. The molecule has 3 rings (SSSR count). The molecule has 5 heteroatoms. The number of piperidine rings is 1. The van der Waals surface area contributed by atoms with Crippen LogP contribution in [0.15, 0.2) is 18.2 Å². The number of benzene rings is 1. The summed E-state index contributed by atoms with van der Waals surface area (Å²) < 4.78 is 0. The zero-order valence-corrected chi connectivity index (χ0v) is 16.6. The summed E-state index contributed by atoms with van der Waals surface area (Å²) in [6, 6.07) is 6.65. The standard InChI is InChI=1S/C21H34N4O/c1-23(2)13-7-14-24(3)18-10-6-15-25(16-18)21(26)19-11-4-8-17-9-5-12-22-20(17)19/h4,8,11,18,22H,5-7,9-10,12-16H2,1-3H3/t18-/m0/s1. The topological polar surface area (TPSA) is 38.8 Å². The number of fused-ring (bicyclic) bond motifs is 1. The minimum Gasteiger partial charge on any atom is -0.384 e. The van der Waals surface area contributed by atoms with E-state index in [1.54, 1.807) is 0 Å². The maximum Gasteiger partial charge on any atom is 0.256 e. The van der Waals surface area contributed by atoms with E-state index in [0.717, 1.165) is 63.2 Å². The molecule has 2 heterocycles. The second-order valence-corrected chi connectivity index (χ2v) is 8.05. The molecule has 1 amide bonds. The number of hydrogen-bond donors (Lipinski definition) is 1. The third kappa shape index (κ3) is 4.57. The first-order valence-corrected chi connectivity index (χ1v) is 10.1. The molecule has 0 saturated carbocycles. The van der Waals surface area contributed by atoms with E-state index in [0.29, 0.717) is 6.04 Å². The van der Waals surface area contributed by atoms with Crippen LogP contribution in [0.4, 0.5) is 5.69 Å². The van der Waals surface area contributed by atoms with Crippen LogP contribution in [0.1, 0.15) is 41.6 Å². The summed E-state index contributed by atoms with van der Waals surface area (Å²) in [4.78, 5) is 20.0. The Hall–Kier alpha value is -1.59. The maximum atomic E-state index is 13.2. The first-order chi connectivity index (χ1) is 12.6. The summed E-state index contributed by atoms with van der Waals surface area (Å²) in [5.74, 6) is 0.197. The molecule has 1 aromatic carbocycles. The van der Waals surface area contributed by atoms with Crippen molar-refractivity contribution in [2.24, 2.45) is 0 Å². The van der Waals surface area contributed by atoms with Crippen LogP contribution >= 0.6 is 0 Å². The number of hydrogen-bond acceptors (Lipinski definition) is 4. The van der Waals surface area contributed by atoms with Crippen LogP contribution in [0.3, 0.4) is 0 Å². The molecular weight excluding hydrogens is 324 g/mol. The largest absolute Gasteiger partial charge is 0.384 e. The van der Waals surface area contributed by atoms with Crippen molar-refractivity contribution in [2.45, 2.75) is 38.1 Å². The van der Waals surface area contributed by atoms with Gasteiger partial charge in [0.05, 0.1) is 11.3 Å². The number of nitrogens with zero attached hydrogens (tertiary/aromatic N) is 3. The van der Waals surface area contributed by atoms with Crippen LogP contribution in [0.2, 0.25) is 0 Å². The lowest BCUT2D eigenvalue weighted by atomic mass is 9.97. The Morgan fingerprint density at radius 3 is 2.88 bits per heavy atom. The number of carbonyl (C=O) groups is 1. The lowest BCUT2D eigenvalue weighted by Crippen LogP contribution is -2.49. The van der Waals surface area contributed by atoms with Gasteiger partial charge in [0.15, 0.2) is 0 Å². The van der Waals surface area contributed by atoms with Crippen LogP contribution in [-0.2, 0) is 6.42 Å². The Labute approximate surface area is 158 Å². The van der Waals surface area contributed by atoms with Gasteiger partial charge in [-0.3, -0.25) is 4.79 Å². The van der Waals surface area contributed by atoms with Gasteiger partial charge < -0.3 is 20.0 Å². The van der Waals surface area contributed by atoms with Crippen LogP contribution in [0, 0.1) is 0 Å². The van der Waals surface area contributed by atoms with E-state index in [9.17, 15) is 4.79 Å². The number of rotatable bonds is 6. The summed E-state index contributed by atoms with van der Waals surface area (Å²) >= 11 is 0. The van der Waals surface area contributed by atoms with Gasteiger partial charge in [0.1, 0.15) is 0 Å². The van der Waals surface area contributed by atoms with E-state index in [2.05, 4.69) is 47.2 Å². The van der Waals surface area contributed by atoms with Gasteiger partial charge in [-0.15, -0.1) is 0 Å². The van der Waals surface area contributed by atoms with Crippen molar-refractivity contribution in [3.05, 3.63) is 29.3 Å². The molecule has 0 radical (unpaired) electrons. The van der Waals surface area contributed by atoms with Crippen molar-refractivity contribution in [3.8, 4) is 0 Å². The fourth-order valence-corrected chi connectivity index (χ4v) is 4.18. The predicted octanol–water partition coefficient (Wildman–Crippen LogP) is 2.53. The number of anilines is 1. The first-order valence-electron chi connectivity index (χ1n) is 10.1. The zero-order chi connectivity index (χ0) is 18.5. The third-order valence-electron chi connectivity index (χ3n) is 5.73. The number of para-hydroxylation sites is 1. The van der Waals surface area contributed by atoms with Crippen molar-refractivity contribution < 1.29 is 4.79 Å². The third-order valence-corrected chi connectivity index (χ3v) is 5.73. The molecule has 2 aliphatic heterocycles. The number of carbonyl (C=O) groups excluding carboxylic acids is 1. The molecule has 1 fully saturated rings. The molecule has 0 bridgehead atoms. The maximum absolute atomic E-state index is 13.2. The molecule has 1 saturated heterocycles. The van der Waals surface area contributed by atoms with Crippen LogP contribution in [0.5, 0.6) is 0 Å². The minimum absolute atomic E-state index is 0.197. The summed E-state index contributed by atoms with van der Waals surface area (Å²) in [6.45, 7) is 4.90. The van der Waals surface area contributed by atoms with Gasteiger partial charge in [0, 0.05) is 25.7 Å². The van der Waals surface area contributed by atoms with E-state index < -0.39 is 0 Å². The molecule has 5 nitrogen and oxygen atoms in total. The first kappa shape index (κ1) is 19.2. The lowest BCUT2D eigenvalue weighted by Gasteiger charge is -2.38. The zero-order valence-electron chi connectivity index (χ0n) is 16.6. The molecule has 0 aliphatic carbocycles. The van der Waals surface area contributed by atoms with Gasteiger partial charge in [-0.1, -0.05) is 12.1 Å². The van der Waals surface area contributed by atoms with Gasteiger partial charge in [0.2, 0.25) is 0 Å². The van der Waals surface area contributed by atoms with E-state index in [-0.39, 0.29) is 5.91 Å². The lowest BCUT2D eigenvalue weighted by molar-refractivity contribution is 0.0608. The molecule has 0 unspecified atom stereocenters. The quantitative estimate of drug-likeness (QED) is 0.848. The Balaban J connectivity index is 1.63. The van der Waals surface area contributed by atoms with Gasteiger partial charge >= 0.3 is 0 Å². The van der Waals surface area contributed by atoms with Crippen molar-refractivity contribution in [1.82, 2.24) is 14.7 Å². The van der Waals surface area contributed by atoms with Gasteiger partial charge in [-0.05, 0) is 78.0 Å². The summed E-state index contributed by atoms with van der Waals surface area (Å²) in [7, 11) is 6.45. The molecule has 144 valence electrons. The molecule has 1 aromatic rings. The van der Waals surface area contributed by atoms with E-state index in [1.165, 1.54) is 18.4 Å². The second-order valence-electron chi connectivity index (χ2n) is 8.05. The number of aryl methyl sites for hydroxylation is 1. The van der Waals surface area contributed by atoms with Crippen molar-refractivity contribution in [3.63, 3.8) is 0 Å².